The molecule has 0 unspecified atom stereocenters. The van der Waals surface area contributed by atoms with Crippen molar-refractivity contribution >= 4 is 5.91 Å². The third-order valence-electron chi connectivity index (χ3n) is 5.35. The van der Waals surface area contributed by atoms with Crippen molar-refractivity contribution in [1.29, 1.82) is 0 Å². The minimum Gasteiger partial charge on any atom is -0.348 e. The molecule has 1 N–H and O–H groups in total. The predicted octanol–water partition coefficient (Wildman–Crippen LogP) is 4.42. The summed E-state index contributed by atoms with van der Waals surface area (Å²) in [6, 6.07) is 15.4. The molecule has 2 heterocycles. The average molecular weight is 428 g/mol. The van der Waals surface area contributed by atoms with Gasteiger partial charge in [0.05, 0.1) is 5.69 Å². The fourth-order valence-corrected chi connectivity index (χ4v) is 3.63. The van der Waals surface area contributed by atoms with Gasteiger partial charge in [-0.2, -0.15) is 18.3 Å². The Labute approximate surface area is 178 Å². The van der Waals surface area contributed by atoms with Crippen molar-refractivity contribution in [3.8, 4) is 5.69 Å². The predicted molar refractivity (Wildman–Crippen MR) is 111 cm³/mol. The molecule has 0 radical (unpaired) electrons. The number of alkyl halides is 3. The lowest BCUT2D eigenvalue weighted by molar-refractivity contribution is -0.141. The van der Waals surface area contributed by atoms with Crippen LogP contribution in [0.5, 0.6) is 0 Å². The molecule has 31 heavy (non-hydrogen) atoms. The zero-order chi connectivity index (χ0) is 21.8. The van der Waals surface area contributed by atoms with Crippen LogP contribution in [0.1, 0.15) is 40.0 Å². The summed E-state index contributed by atoms with van der Waals surface area (Å²) < 4.78 is 39.2. The molecule has 1 aliphatic heterocycles. The van der Waals surface area contributed by atoms with Crippen molar-refractivity contribution in [3.63, 3.8) is 0 Å². The zero-order valence-electron chi connectivity index (χ0n) is 16.9. The Morgan fingerprint density at radius 3 is 2.19 bits per heavy atom. The number of nitrogens with one attached hydrogen (secondary N) is 1. The first-order valence-electron chi connectivity index (χ1n) is 10.2. The van der Waals surface area contributed by atoms with Crippen LogP contribution in [0.2, 0.25) is 0 Å². The van der Waals surface area contributed by atoms with E-state index in [2.05, 4.69) is 27.4 Å². The molecular weight excluding hydrogens is 405 g/mol. The van der Waals surface area contributed by atoms with Crippen LogP contribution in [-0.4, -0.2) is 33.7 Å². The van der Waals surface area contributed by atoms with Crippen LogP contribution in [-0.2, 0) is 19.3 Å². The monoisotopic (exact) mass is 428 g/mol. The van der Waals surface area contributed by atoms with Gasteiger partial charge in [-0.1, -0.05) is 24.3 Å². The Hall–Kier alpha value is -3.13. The summed E-state index contributed by atoms with van der Waals surface area (Å²) in [4.78, 5) is 14.8. The van der Waals surface area contributed by atoms with Gasteiger partial charge in [0.15, 0.2) is 5.69 Å². The van der Waals surface area contributed by atoms with E-state index in [1.54, 1.807) is 24.3 Å². The van der Waals surface area contributed by atoms with Gasteiger partial charge in [-0.15, -0.1) is 0 Å². The Morgan fingerprint density at radius 2 is 1.58 bits per heavy atom. The first kappa shape index (κ1) is 21.1. The molecule has 4 rings (SSSR count). The molecule has 1 aliphatic rings. The lowest BCUT2D eigenvalue weighted by Gasteiger charge is -2.14. The first-order chi connectivity index (χ1) is 14.9. The van der Waals surface area contributed by atoms with Crippen molar-refractivity contribution in [3.05, 3.63) is 83.2 Å². The van der Waals surface area contributed by atoms with Gasteiger partial charge in [-0.25, -0.2) is 4.68 Å². The fourth-order valence-electron chi connectivity index (χ4n) is 3.63. The van der Waals surface area contributed by atoms with Gasteiger partial charge in [-0.05, 0) is 67.4 Å². The van der Waals surface area contributed by atoms with Crippen molar-refractivity contribution in [1.82, 2.24) is 20.0 Å². The van der Waals surface area contributed by atoms with Crippen LogP contribution >= 0.6 is 0 Å². The van der Waals surface area contributed by atoms with E-state index in [-0.39, 0.29) is 5.91 Å². The number of carbonyl (C=O) groups is 1. The molecule has 0 bridgehead atoms. The lowest BCUT2D eigenvalue weighted by Crippen LogP contribution is -2.23. The van der Waals surface area contributed by atoms with Gasteiger partial charge in [0.2, 0.25) is 0 Å². The van der Waals surface area contributed by atoms with Crippen molar-refractivity contribution in [2.45, 2.75) is 32.1 Å². The van der Waals surface area contributed by atoms with Crippen LogP contribution < -0.4 is 5.32 Å². The zero-order valence-corrected chi connectivity index (χ0v) is 16.9. The number of rotatable bonds is 6. The molecule has 0 atom stereocenters. The van der Waals surface area contributed by atoms with Crippen LogP contribution in [0, 0.1) is 0 Å². The quantitative estimate of drug-likeness (QED) is 0.633. The van der Waals surface area contributed by atoms with E-state index < -0.39 is 11.9 Å². The van der Waals surface area contributed by atoms with E-state index in [9.17, 15) is 18.0 Å². The van der Waals surface area contributed by atoms with Crippen molar-refractivity contribution in [2.24, 2.45) is 0 Å². The molecule has 0 spiro atoms. The number of hydrogen-bond donors (Lipinski definition) is 1. The second kappa shape index (κ2) is 8.93. The molecule has 3 aromatic rings. The number of likely N-dealkylation sites (tertiary alicyclic amines) is 1. The highest BCUT2D eigenvalue weighted by Gasteiger charge is 2.33. The summed E-state index contributed by atoms with van der Waals surface area (Å²) in [5.41, 5.74) is 2.19. The maximum absolute atomic E-state index is 12.7. The van der Waals surface area contributed by atoms with Crippen molar-refractivity contribution < 1.29 is 18.0 Å². The summed E-state index contributed by atoms with van der Waals surface area (Å²) in [5, 5.41) is 6.40. The van der Waals surface area contributed by atoms with Crippen LogP contribution in [0.15, 0.2) is 60.8 Å². The Balaban J connectivity index is 1.32. The van der Waals surface area contributed by atoms with E-state index in [0.29, 0.717) is 17.8 Å². The molecule has 1 amide bonds. The Kier molecular flexibility index (Phi) is 6.08. The second-order valence-electron chi connectivity index (χ2n) is 7.67. The minimum absolute atomic E-state index is 0.246. The largest absolute Gasteiger partial charge is 0.435 e. The first-order valence-corrected chi connectivity index (χ1v) is 10.2. The van der Waals surface area contributed by atoms with Gasteiger partial charge in [0.25, 0.3) is 5.91 Å². The highest BCUT2D eigenvalue weighted by Crippen LogP contribution is 2.27. The highest BCUT2D eigenvalue weighted by atomic mass is 19.4. The molecule has 8 heteroatoms. The molecule has 0 saturated carbocycles. The fraction of sp³-hybridized carbons (Fsp3) is 0.304. The third kappa shape index (κ3) is 5.32. The second-order valence-corrected chi connectivity index (χ2v) is 7.67. The Bertz CT molecular complexity index is 1020. The summed E-state index contributed by atoms with van der Waals surface area (Å²) in [6.07, 6.45) is -0.716. The number of aromatic nitrogens is 2. The number of benzene rings is 2. The number of halogens is 3. The molecule has 1 saturated heterocycles. The average Bonchev–Trinajstić information content (AvgIpc) is 3.45. The smallest absolute Gasteiger partial charge is 0.348 e. The number of hydrogen-bond acceptors (Lipinski definition) is 3. The topological polar surface area (TPSA) is 50.2 Å². The van der Waals surface area contributed by atoms with E-state index in [1.165, 1.54) is 24.6 Å². The standard InChI is InChI=1S/C23H23F3N4O/c24-23(25,26)21-11-14-30(28-21)20-9-7-19(8-10-20)22(31)27-15-17-3-5-18(6-4-17)16-29-12-1-2-13-29/h3-11,14H,1-2,12-13,15-16H2,(H,27,31). The van der Waals surface area contributed by atoms with Gasteiger partial charge in [0.1, 0.15) is 0 Å². The summed E-state index contributed by atoms with van der Waals surface area (Å²) in [6.45, 7) is 3.67. The molecular formula is C23H23F3N4O. The summed E-state index contributed by atoms with van der Waals surface area (Å²) >= 11 is 0. The van der Waals surface area contributed by atoms with Crippen LogP contribution in [0.4, 0.5) is 13.2 Å². The normalized spacial score (nSPS) is 14.7. The van der Waals surface area contributed by atoms with E-state index in [1.807, 2.05) is 12.1 Å². The van der Waals surface area contributed by atoms with Crippen LogP contribution in [0.25, 0.3) is 5.69 Å². The molecule has 0 aliphatic carbocycles. The van der Waals surface area contributed by atoms with Gasteiger partial charge < -0.3 is 5.32 Å². The molecule has 1 fully saturated rings. The van der Waals surface area contributed by atoms with Crippen molar-refractivity contribution in [2.75, 3.05) is 13.1 Å². The lowest BCUT2D eigenvalue weighted by atomic mass is 10.1. The van der Waals surface area contributed by atoms with Gasteiger partial charge >= 0.3 is 6.18 Å². The molecule has 1 aromatic heterocycles. The van der Waals surface area contributed by atoms with Crippen LogP contribution in [0.3, 0.4) is 0 Å². The van der Waals surface area contributed by atoms with Gasteiger partial charge in [0, 0.05) is 24.8 Å². The molecule has 2 aromatic carbocycles. The third-order valence-corrected chi connectivity index (χ3v) is 5.35. The summed E-state index contributed by atoms with van der Waals surface area (Å²) in [7, 11) is 0. The summed E-state index contributed by atoms with van der Waals surface area (Å²) in [5.74, 6) is -0.246. The number of carbonyl (C=O) groups excluding carboxylic acids is 1. The minimum atomic E-state index is -4.49. The maximum atomic E-state index is 12.7. The Morgan fingerprint density at radius 1 is 0.935 bits per heavy atom. The van der Waals surface area contributed by atoms with Gasteiger partial charge in [-0.3, -0.25) is 9.69 Å². The van der Waals surface area contributed by atoms with E-state index >= 15 is 0 Å². The number of amides is 1. The van der Waals surface area contributed by atoms with E-state index in [0.717, 1.165) is 35.9 Å². The maximum Gasteiger partial charge on any atom is 0.435 e. The highest BCUT2D eigenvalue weighted by molar-refractivity contribution is 5.94. The van der Waals surface area contributed by atoms with E-state index in [4.69, 9.17) is 0 Å². The molecule has 162 valence electrons. The molecule has 5 nitrogen and oxygen atoms in total. The number of nitrogens with zero attached hydrogens (tertiary/aromatic N) is 3. The SMILES string of the molecule is O=C(NCc1ccc(CN2CCCC2)cc1)c1ccc(-n2ccc(C(F)(F)F)n2)cc1.